The Kier molecular flexibility index (Phi) is 3.45. The Morgan fingerprint density at radius 1 is 1.09 bits per heavy atom. The highest BCUT2D eigenvalue weighted by Gasteiger charge is 2.51. The van der Waals surface area contributed by atoms with Crippen molar-refractivity contribution in [3.8, 4) is 0 Å². The first kappa shape index (κ1) is 14.3. The van der Waals surface area contributed by atoms with E-state index in [9.17, 15) is 9.59 Å². The van der Waals surface area contributed by atoms with Gasteiger partial charge < -0.3 is 10.4 Å². The van der Waals surface area contributed by atoms with Crippen LogP contribution < -0.4 is 5.32 Å². The molecule has 0 aromatic heterocycles. The summed E-state index contributed by atoms with van der Waals surface area (Å²) in [5.74, 6) is -0.987. The summed E-state index contributed by atoms with van der Waals surface area (Å²) in [6.45, 7) is 1.73. The Morgan fingerprint density at radius 2 is 1.77 bits per heavy atom. The van der Waals surface area contributed by atoms with E-state index in [2.05, 4.69) is 5.32 Å². The molecular weight excluding hydrogens is 278 g/mol. The number of aromatic carboxylic acids is 1. The van der Waals surface area contributed by atoms with E-state index in [0.717, 1.165) is 18.4 Å². The topological polar surface area (TPSA) is 66.4 Å². The van der Waals surface area contributed by atoms with Crippen LogP contribution in [0.4, 0.5) is 5.69 Å². The number of nitrogens with one attached hydrogen (secondary N) is 1. The Hall–Kier alpha value is -2.62. The van der Waals surface area contributed by atoms with Crippen molar-refractivity contribution in [2.75, 3.05) is 5.32 Å². The Balaban J connectivity index is 1.81. The summed E-state index contributed by atoms with van der Waals surface area (Å²) in [5.41, 5.74) is 2.12. The van der Waals surface area contributed by atoms with E-state index >= 15 is 0 Å². The van der Waals surface area contributed by atoms with Crippen molar-refractivity contribution in [1.29, 1.82) is 0 Å². The fraction of sp³-hybridized carbons (Fsp3) is 0.222. The number of carboxylic acids is 1. The fourth-order valence-corrected chi connectivity index (χ4v) is 2.76. The van der Waals surface area contributed by atoms with Crippen LogP contribution in [0.5, 0.6) is 0 Å². The molecule has 1 saturated carbocycles. The van der Waals surface area contributed by atoms with Gasteiger partial charge in [-0.05, 0) is 49.1 Å². The molecule has 0 spiro atoms. The second kappa shape index (κ2) is 5.30. The third-order valence-corrected chi connectivity index (χ3v) is 4.23. The molecule has 0 bridgehead atoms. The highest BCUT2D eigenvalue weighted by atomic mass is 16.4. The minimum absolute atomic E-state index is 0.0267. The lowest BCUT2D eigenvalue weighted by atomic mass is 9.95. The molecule has 1 amide bonds. The first-order valence-electron chi connectivity index (χ1n) is 7.24. The van der Waals surface area contributed by atoms with Gasteiger partial charge in [0.15, 0.2) is 0 Å². The summed E-state index contributed by atoms with van der Waals surface area (Å²) in [6.07, 6.45) is 1.68. The maximum absolute atomic E-state index is 12.6. The number of anilines is 1. The van der Waals surface area contributed by atoms with Crippen molar-refractivity contribution < 1.29 is 14.7 Å². The summed E-state index contributed by atoms with van der Waals surface area (Å²) in [7, 11) is 0. The zero-order valence-electron chi connectivity index (χ0n) is 12.3. The normalized spacial score (nSPS) is 15.1. The minimum atomic E-state index is -0.960. The van der Waals surface area contributed by atoms with Crippen LogP contribution in [0, 0.1) is 6.92 Å². The zero-order chi connectivity index (χ0) is 15.7. The maximum atomic E-state index is 12.6. The van der Waals surface area contributed by atoms with Crippen LogP contribution in [-0.4, -0.2) is 17.0 Å². The van der Waals surface area contributed by atoms with Crippen molar-refractivity contribution in [3.05, 3.63) is 65.2 Å². The Bertz CT molecular complexity index is 733. The lowest BCUT2D eigenvalue weighted by Crippen LogP contribution is -2.27. The monoisotopic (exact) mass is 295 g/mol. The van der Waals surface area contributed by atoms with Crippen LogP contribution in [0.15, 0.2) is 48.5 Å². The number of benzene rings is 2. The molecule has 3 rings (SSSR count). The molecule has 0 radical (unpaired) electrons. The van der Waals surface area contributed by atoms with E-state index in [4.69, 9.17) is 5.11 Å². The number of hydrogen-bond acceptors (Lipinski definition) is 2. The van der Waals surface area contributed by atoms with Crippen LogP contribution in [0.3, 0.4) is 0 Å². The number of hydrogen-bond donors (Lipinski definition) is 2. The molecule has 112 valence electrons. The predicted molar refractivity (Wildman–Crippen MR) is 84.1 cm³/mol. The number of carbonyl (C=O) groups excluding carboxylic acids is 1. The molecule has 22 heavy (non-hydrogen) atoms. The van der Waals surface area contributed by atoms with Gasteiger partial charge >= 0.3 is 5.97 Å². The average Bonchev–Trinajstić information content (AvgIpc) is 3.29. The lowest BCUT2D eigenvalue weighted by Gasteiger charge is -2.16. The summed E-state index contributed by atoms with van der Waals surface area (Å²) in [5, 5.41) is 12.0. The summed E-state index contributed by atoms with van der Waals surface area (Å²) < 4.78 is 0. The van der Waals surface area contributed by atoms with E-state index in [1.165, 1.54) is 6.07 Å². The van der Waals surface area contributed by atoms with E-state index in [1.807, 2.05) is 30.3 Å². The average molecular weight is 295 g/mol. The molecule has 4 nitrogen and oxygen atoms in total. The largest absolute Gasteiger partial charge is 0.478 e. The first-order valence-corrected chi connectivity index (χ1v) is 7.24. The molecule has 0 unspecified atom stereocenters. The fourth-order valence-electron chi connectivity index (χ4n) is 2.76. The van der Waals surface area contributed by atoms with Crippen molar-refractivity contribution >= 4 is 17.6 Å². The summed E-state index contributed by atoms with van der Waals surface area (Å²) >= 11 is 0. The molecule has 0 aliphatic heterocycles. The SMILES string of the molecule is Cc1cc(NC(=O)C2(c3ccccc3)CC2)ccc1C(=O)O. The van der Waals surface area contributed by atoms with Gasteiger partial charge in [-0.15, -0.1) is 0 Å². The molecule has 1 fully saturated rings. The molecule has 4 heteroatoms. The molecule has 0 saturated heterocycles. The van der Waals surface area contributed by atoms with E-state index < -0.39 is 11.4 Å². The molecule has 2 aromatic rings. The number of carboxylic acid groups (broad SMARTS) is 1. The second-order valence-corrected chi connectivity index (χ2v) is 5.74. The van der Waals surface area contributed by atoms with E-state index in [-0.39, 0.29) is 11.5 Å². The van der Waals surface area contributed by atoms with Crippen LogP contribution >= 0.6 is 0 Å². The number of aryl methyl sites for hydroxylation is 1. The molecular formula is C18H17NO3. The maximum Gasteiger partial charge on any atom is 0.335 e. The third kappa shape index (κ3) is 2.48. The quantitative estimate of drug-likeness (QED) is 0.909. The number of amides is 1. The zero-order valence-corrected chi connectivity index (χ0v) is 12.3. The number of rotatable bonds is 4. The van der Waals surface area contributed by atoms with Gasteiger partial charge in [-0.2, -0.15) is 0 Å². The van der Waals surface area contributed by atoms with Gasteiger partial charge in [0.05, 0.1) is 11.0 Å². The van der Waals surface area contributed by atoms with Gasteiger partial charge in [-0.25, -0.2) is 4.79 Å². The van der Waals surface area contributed by atoms with Gasteiger partial charge in [0.25, 0.3) is 0 Å². The standard InChI is InChI=1S/C18H17NO3/c1-12-11-14(7-8-15(12)16(20)21)19-17(22)18(9-10-18)13-5-3-2-4-6-13/h2-8,11H,9-10H2,1H3,(H,19,22)(H,20,21). The molecule has 1 aliphatic carbocycles. The smallest absolute Gasteiger partial charge is 0.335 e. The van der Waals surface area contributed by atoms with Gasteiger partial charge in [-0.1, -0.05) is 30.3 Å². The van der Waals surface area contributed by atoms with Gasteiger partial charge in [0.2, 0.25) is 5.91 Å². The summed E-state index contributed by atoms with van der Waals surface area (Å²) in [6, 6.07) is 14.6. The highest BCUT2D eigenvalue weighted by Crippen LogP contribution is 2.48. The van der Waals surface area contributed by atoms with Crippen molar-refractivity contribution in [3.63, 3.8) is 0 Å². The molecule has 1 aliphatic rings. The highest BCUT2D eigenvalue weighted by molar-refractivity contribution is 6.01. The van der Waals surface area contributed by atoms with Crippen molar-refractivity contribution in [2.24, 2.45) is 0 Å². The van der Waals surface area contributed by atoms with Gasteiger partial charge in [-0.3, -0.25) is 4.79 Å². The van der Waals surface area contributed by atoms with Crippen LogP contribution in [0.25, 0.3) is 0 Å². The first-order chi connectivity index (χ1) is 10.5. The van der Waals surface area contributed by atoms with Gasteiger partial charge in [0, 0.05) is 5.69 Å². The third-order valence-electron chi connectivity index (χ3n) is 4.23. The second-order valence-electron chi connectivity index (χ2n) is 5.74. The van der Waals surface area contributed by atoms with E-state index in [1.54, 1.807) is 19.1 Å². The predicted octanol–water partition coefficient (Wildman–Crippen LogP) is 3.36. The van der Waals surface area contributed by atoms with Crippen LogP contribution in [0.1, 0.15) is 34.3 Å². The Morgan fingerprint density at radius 3 is 2.32 bits per heavy atom. The van der Waals surface area contributed by atoms with Crippen LogP contribution in [-0.2, 0) is 10.2 Å². The Labute approximate surface area is 128 Å². The molecule has 0 atom stereocenters. The van der Waals surface area contributed by atoms with Crippen LogP contribution in [0.2, 0.25) is 0 Å². The lowest BCUT2D eigenvalue weighted by molar-refractivity contribution is -0.118. The minimum Gasteiger partial charge on any atom is -0.478 e. The molecule has 2 N–H and O–H groups in total. The molecule has 2 aromatic carbocycles. The van der Waals surface area contributed by atoms with E-state index in [0.29, 0.717) is 11.3 Å². The summed E-state index contributed by atoms with van der Waals surface area (Å²) in [4.78, 5) is 23.6. The molecule has 0 heterocycles. The van der Waals surface area contributed by atoms with Crippen molar-refractivity contribution in [1.82, 2.24) is 0 Å². The number of carbonyl (C=O) groups is 2. The van der Waals surface area contributed by atoms with Crippen molar-refractivity contribution in [2.45, 2.75) is 25.2 Å². The van der Waals surface area contributed by atoms with Gasteiger partial charge in [0.1, 0.15) is 0 Å².